The van der Waals surface area contributed by atoms with Crippen LogP contribution in [0.2, 0.25) is 0 Å². The first-order valence-electron chi connectivity index (χ1n) is 6.90. The standard InChI is InChI=1S/C13H26N2O2/c1-2-3-9-15-10-5-4-6-12(15)11-14-8-7-13(16)17/h12,14H,2-11H2,1H3,(H,16,17)/t12-/m1/s1. The zero-order valence-electron chi connectivity index (χ0n) is 11.0. The summed E-state index contributed by atoms with van der Waals surface area (Å²) < 4.78 is 0. The van der Waals surface area contributed by atoms with Crippen molar-refractivity contribution in [3.8, 4) is 0 Å². The number of carboxylic acids is 1. The van der Waals surface area contributed by atoms with E-state index in [9.17, 15) is 4.79 Å². The quantitative estimate of drug-likeness (QED) is 0.636. The van der Waals surface area contributed by atoms with E-state index in [0.717, 1.165) is 6.54 Å². The maximum atomic E-state index is 10.4. The summed E-state index contributed by atoms with van der Waals surface area (Å²) in [6.07, 6.45) is 6.62. The van der Waals surface area contributed by atoms with Gasteiger partial charge in [-0.1, -0.05) is 19.8 Å². The molecule has 4 nitrogen and oxygen atoms in total. The van der Waals surface area contributed by atoms with Crippen molar-refractivity contribution in [2.24, 2.45) is 0 Å². The topological polar surface area (TPSA) is 52.6 Å². The van der Waals surface area contributed by atoms with E-state index in [1.165, 1.54) is 45.2 Å². The van der Waals surface area contributed by atoms with Crippen LogP contribution in [-0.2, 0) is 4.79 Å². The highest BCUT2D eigenvalue weighted by atomic mass is 16.4. The Hall–Kier alpha value is -0.610. The molecule has 100 valence electrons. The van der Waals surface area contributed by atoms with E-state index < -0.39 is 5.97 Å². The summed E-state index contributed by atoms with van der Waals surface area (Å²) in [4.78, 5) is 13.0. The number of nitrogens with zero attached hydrogens (tertiary/aromatic N) is 1. The van der Waals surface area contributed by atoms with Crippen LogP contribution in [0.5, 0.6) is 0 Å². The van der Waals surface area contributed by atoms with Crippen LogP contribution in [0.25, 0.3) is 0 Å². The number of piperidine rings is 1. The van der Waals surface area contributed by atoms with Gasteiger partial charge in [0, 0.05) is 19.1 Å². The number of unbranched alkanes of at least 4 members (excludes halogenated alkanes) is 1. The molecule has 0 spiro atoms. The Morgan fingerprint density at radius 2 is 2.29 bits per heavy atom. The third kappa shape index (κ3) is 6.03. The maximum Gasteiger partial charge on any atom is 0.304 e. The van der Waals surface area contributed by atoms with Gasteiger partial charge in [0.15, 0.2) is 0 Å². The Balaban J connectivity index is 2.20. The SMILES string of the molecule is CCCCN1CCCC[C@@H]1CNCCC(=O)O. The average molecular weight is 242 g/mol. The first-order valence-corrected chi connectivity index (χ1v) is 6.90. The van der Waals surface area contributed by atoms with Crippen molar-refractivity contribution < 1.29 is 9.90 Å². The molecule has 0 saturated carbocycles. The van der Waals surface area contributed by atoms with E-state index in [1.807, 2.05) is 0 Å². The summed E-state index contributed by atoms with van der Waals surface area (Å²) in [6.45, 7) is 6.17. The molecule has 17 heavy (non-hydrogen) atoms. The second-order valence-corrected chi connectivity index (χ2v) is 4.89. The Morgan fingerprint density at radius 3 is 3.00 bits per heavy atom. The number of hydrogen-bond donors (Lipinski definition) is 2. The molecule has 2 N–H and O–H groups in total. The van der Waals surface area contributed by atoms with Crippen LogP contribution in [0, 0.1) is 0 Å². The highest BCUT2D eigenvalue weighted by molar-refractivity contribution is 5.66. The fourth-order valence-corrected chi connectivity index (χ4v) is 2.41. The van der Waals surface area contributed by atoms with E-state index in [1.54, 1.807) is 0 Å². The number of rotatable bonds is 8. The summed E-state index contributed by atoms with van der Waals surface area (Å²) in [5.41, 5.74) is 0. The van der Waals surface area contributed by atoms with Crippen LogP contribution >= 0.6 is 0 Å². The summed E-state index contributed by atoms with van der Waals surface area (Å²) in [7, 11) is 0. The lowest BCUT2D eigenvalue weighted by Crippen LogP contribution is -2.46. The minimum atomic E-state index is -0.719. The van der Waals surface area contributed by atoms with Crippen molar-refractivity contribution in [1.29, 1.82) is 0 Å². The summed E-state index contributed by atoms with van der Waals surface area (Å²) >= 11 is 0. The van der Waals surface area contributed by atoms with Gasteiger partial charge in [0.1, 0.15) is 0 Å². The smallest absolute Gasteiger partial charge is 0.304 e. The average Bonchev–Trinajstić information content (AvgIpc) is 2.33. The molecule has 0 aromatic rings. The van der Waals surface area contributed by atoms with Crippen LogP contribution in [0.3, 0.4) is 0 Å². The number of carbonyl (C=O) groups is 1. The van der Waals surface area contributed by atoms with Gasteiger partial charge in [-0.3, -0.25) is 9.69 Å². The minimum Gasteiger partial charge on any atom is -0.481 e. The van der Waals surface area contributed by atoms with Crippen LogP contribution in [0.4, 0.5) is 0 Å². The van der Waals surface area contributed by atoms with E-state index >= 15 is 0 Å². The molecule has 1 atom stereocenters. The van der Waals surface area contributed by atoms with Gasteiger partial charge in [-0.25, -0.2) is 0 Å². The molecular formula is C13H26N2O2. The largest absolute Gasteiger partial charge is 0.481 e. The molecule has 0 bridgehead atoms. The number of aliphatic carboxylic acids is 1. The highest BCUT2D eigenvalue weighted by Crippen LogP contribution is 2.16. The van der Waals surface area contributed by atoms with Crippen molar-refractivity contribution in [3.63, 3.8) is 0 Å². The molecule has 0 aliphatic carbocycles. The molecule has 1 aliphatic heterocycles. The van der Waals surface area contributed by atoms with E-state index in [2.05, 4.69) is 17.1 Å². The molecule has 1 fully saturated rings. The van der Waals surface area contributed by atoms with Crippen LogP contribution in [0.1, 0.15) is 45.4 Å². The lowest BCUT2D eigenvalue weighted by molar-refractivity contribution is -0.136. The monoisotopic (exact) mass is 242 g/mol. The Morgan fingerprint density at radius 1 is 1.47 bits per heavy atom. The van der Waals surface area contributed by atoms with Crippen molar-refractivity contribution in [1.82, 2.24) is 10.2 Å². The van der Waals surface area contributed by atoms with Gasteiger partial charge < -0.3 is 10.4 Å². The first kappa shape index (κ1) is 14.5. The summed E-state index contributed by atoms with van der Waals surface area (Å²) in [5, 5.41) is 11.8. The Kier molecular flexibility index (Phi) is 7.21. The first-order chi connectivity index (χ1) is 8.24. The number of hydrogen-bond acceptors (Lipinski definition) is 3. The molecule has 1 aliphatic rings. The van der Waals surface area contributed by atoms with Crippen LogP contribution < -0.4 is 5.32 Å². The van der Waals surface area contributed by atoms with Gasteiger partial charge >= 0.3 is 5.97 Å². The molecule has 0 radical (unpaired) electrons. The molecule has 1 heterocycles. The molecule has 1 saturated heterocycles. The van der Waals surface area contributed by atoms with Gasteiger partial charge in [0.05, 0.1) is 6.42 Å². The number of likely N-dealkylation sites (tertiary alicyclic amines) is 1. The molecule has 4 heteroatoms. The third-order valence-corrected chi connectivity index (χ3v) is 3.44. The number of nitrogens with one attached hydrogen (secondary N) is 1. The second kappa shape index (κ2) is 8.48. The van der Waals surface area contributed by atoms with Crippen molar-refractivity contribution in [2.75, 3.05) is 26.2 Å². The Labute approximate surface area is 104 Å². The molecule has 1 rings (SSSR count). The van der Waals surface area contributed by atoms with Gasteiger partial charge in [-0.2, -0.15) is 0 Å². The lowest BCUT2D eigenvalue weighted by Gasteiger charge is -2.35. The third-order valence-electron chi connectivity index (χ3n) is 3.44. The minimum absolute atomic E-state index is 0.224. The zero-order chi connectivity index (χ0) is 12.5. The molecule has 0 aromatic heterocycles. The van der Waals surface area contributed by atoms with E-state index in [4.69, 9.17) is 5.11 Å². The molecule has 0 amide bonds. The van der Waals surface area contributed by atoms with Crippen molar-refractivity contribution in [2.45, 2.75) is 51.5 Å². The predicted octanol–water partition coefficient (Wildman–Crippen LogP) is 1.71. The molecule has 0 unspecified atom stereocenters. The fraction of sp³-hybridized carbons (Fsp3) is 0.923. The zero-order valence-corrected chi connectivity index (χ0v) is 11.0. The predicted molar refractivity (Wildman–Crippen MR) is 69.2 cm³/mol. The van der Waals surface area contributed by atoms with E-state index in [0.29, 0.717) is 12.6 Å². The lowest BCUT2D eigenvalue weighted by atomic mass is 10.0. The van der Waals surface area contributed by atoms with Crippen molar-refractivity contribution in [3.05, 3.63) is 0 Å². The van der Waals surface area contributed by atoms with Gasteiger partial charge in [0.2, 0.25) is 0 Å². The fourth-order valence-electron chi connectivity index (χ4n) is 2.41. The van der Waals surface area contributed by atoms with Crippen LogP contribution in [-0.4, -0.2) is 48.2 Å². The molecular weight excluding hydrogens is 216 g/mol. The number of carboxylic acid groups (broad SMARTS) is 1. The van der Waals surface area contributed by atoms with E-state index in [-0.39, 0.29) is 6.42 Å². The highest BCUT2D eigenvalue weighted by Gasteiger charge is 2.21. The van der Waals surface area contributed by atoms with Crippen LogP contribution in [0.15, 0.2) is 0 Å². The van der Waals surface area contributed by atoms with Crippen molar-refractivity contribution >= 4 is 5.97 Å². The van der Waals surface area contributed by atoms with Gasteiger partial charge in [-0.15, -0.1) is 0 Å². The summed E-state index contributed by atoms with van der Waals surface area (Å²) in [6, 6.07) is 0.615. The maximum absolute atomic E-state index is 10.4. The Bertz CT molecular complexity index is 221. The normalized spacial score (nSPS) is 21.6. The van der Waals surface area contributed by atoms with Gasteiger partial charge in [0.25, 0.3) is 0 Å². The van der Waals surface area contributed by atoms with Gasteiger partial charge in [-0.05, 0) is 32.4 Å². The summed E-state index contributed by atoms with van der Waals surface area (Å²) in [5.74, 6) is -0.719. The second-order valence-electron chi connectivity index (χ2n) is 4.89. The molecule has 0 aromatic carbocycles.